The van der Waals surface area contributed by atoms with E-state index in [4.69, 9.17) is 5.11 Å². The maximum atomic E-state index is 8.96. The highest BCUT2D eigenvalue weighted by Crippen LogP contribution is 2.18. The van der Waals surface area contributed by atoms with Crippen LogP contribution in [0.25, 0.3) is 0 Å². The standard InChI is InChI=1S/C11H15NOS/c13-8-9-3-4-10(6-9)12-7-11-2-1-5-14-11/h1-5,9-10,12-13H,6-8H2/t9-,10-/m1/s1. The zero-order chi connectivity index (χ0) is 9.80. The highest BCUT2D eigenvalue weighted by atomic mass is 32.1. The van der Waals surface area contributed by atoms with E-state index in [1.807, 2.05) is 0 Å². The monoisotopic (exact) mass is 209 g/mol. The molecule has 0 aliphatic heterocycles. The van der Waals surface area contributed by atoms with Crippen molar-refractivity contribution in [2.24, 2.45) is 5.92 Å². The molecule has 1 aliphatic carbocycles. The van der Waals surface area contributed by atoms with Gasteiger partial charge in [-0.05, 0) is 17.9 Å². The van der Waals surface area contributed by atoms with Crippen molar-refractivity contribution in [2.45, 2.75) is 19.0 Å². The first-order valence-corrected chi connectivity index (χ1v) is 5.81. The fourth-order valence-electron chi connectivity index (χ4n) is 1.71. The zero-order valence-corrected chi connectivity index (χ0v) is 8.83. The average Bonchev–Trinajstić information content (AvgIpc) is 2.86. The van der Waals surface area contributed by atoms with Gasteiger partial charge < -0.3 is 10.4 Å². The summed E-state index contributed by atoms with van der Waals surface area (Å²) in [4.78, 5) is 1.37. The lowest BCUT2D eigenvalue weighted by Gasteiger charge is -2.11. The van der Waals surface area contributed by atoms with Gasteiger partial charge >= 0.3 is 0 Å². The first-order chi connectivity index (χ1) is 6.88. The Morgan fingerprint density at radius 3 is 3.07 bits per heavy atom. The second-order valence-corrected chi connectivity index (χ2v) is 4.66. The van der Waals surface area contributed by atoms with Crippen LogP contribution in [0.15, 0.2) is 29.7 Å². The molecule has 14 heavy (non-hydrogen) atoms. The molecule has 1 aromatic rings. The minimum Gasteiger partial charge on any atom is -0.396 e. The van der Waals surface area contributed by atoms with Gasteiger partial charge in [0.05, 0.1) is 0 Å². The van der Waals surface area contributed by atoms with Crippen LogP contribution in [-0.2, 0) is 6.54 Å². The second-order valence-electron chi connectivity index (χ2n) is 3.63. The molecule has 0 unspecified atom stereocenters. The molecule has 0 saturated carbocycles. The van der Waals surface area contributed by atoms with Gasteiger partial charge in [-0.15, -0.1) is 11.3 Å². The lowest BCUT2D eigenvalue weighted by Crippen LogP contribution is -2.25. The normalized spacial score (nSPS) is 25.8. The summed E-state index contributed by atoms with van der Waals surface area (Å²) in [5.41, 5.74) is 0. The summed E-state index contributed by atoms with van der Waals surface area (Å²) in [7, 11) is 0. The first kappa shape index (κ1) is 9.90. The molecule has 0 fully saturated rings. The molecule has 2 nitrogen and oxygen atoms in total. The van der Waals surface area contributed by atoms with Crippen LogP contribution in [0.2, 0.25) is 0 Å². The second kappa shape index (κ2) is 4.73. The third kappa shape index (κ3) is 2.44. The van der Waals surface area contributed by atoms with Gasteiger partial charge in [-0.2, -0.15) is 0 Å². The van der Waals surface area contributed by atoms with E-state index in [0.29, 0.717) is 12.0 Å². The van der Waals surface area contributed by atoms with Crippen molar-refractivity contribution in [1.29, 1.82) is 0 Å². The predicted molar refractivity (Wildman–Crippen MR) is 59.3 cm³/mol. The van der Waals surface area contributed by atoms with Gasteiger partial charge in [0.2, 0.25) is 0 Å². The van der Waals surface area contributed by atoms with Crippen molar-refractivity contribution in [3.8, 4) is 0 Å². The molecule has 0 aromatic carbocycles. The van der Waals surface area contributed by atoms with Crippen molar-refractivity contribution in [3.63, 3.8) is 0 Å². The molecule has 1 aromatic heterocycles. The Hall–Kier alpha value is -0.640. The SMILES string of the molecule is OC[C@@H]1C=C[C@@H](NCc2cccs2)C1. The molecule has 0 amide bonds. The maximum Gasteiger partial charge on any atom is 0.0494 e. The van der Waals surface area contributed by atoms with E-state index >= 15 is 0 Å². The highest BCUT2D eigenvalue weighted by molar-refractivity contribution is 7.09. The molecule has 0 spiro atoms. The Morgan fingerprint density at radius 2 is 2.43 bits per heavy atom. The largest absolute Gasteiger partial charge is 0.396 e. The quantitative estimate of drug-likeness (QED) is 0.741. The number of hydrogen-bond donors (Lipinski definition) is 2. The number of aliphatic hydroxyl groups is 1. The number of nitrogens with one attached hydrogen (secondary N) is 1. The minimum atomic E-state index is 0.272. The van der Waals surface area contributed by atoms with E-state index in [-0.39, 0.29) is 6.61 Å². The van der Waals surface area contributed by atoms with Gasteiger partial charge in [0.15, 0.2) is 0 Å². The third-order valence-corrected chi connectivity index (χ3v) is 3.40. The summed E-state index contributed by atoms with van der Waals surface area (Å²) in [6.07, 6.45) is 5.29. The summed E-state index contributed by atoms with van der Waals surface area (Å²) in [6.45, 7) is 1.21. The molecule has 2 N–H and O–H groups in total. The first-order valence-electron chi connectivity index (χ1n) is 4.93. The molecule has 0 bridgehead atoms. The third-order valence-electron chi connectivity index (χ3n) is 2.53. The molecule has 2 rings (SSSR count). The topological polar surface area (TPSA) is 32.3 Å². The van der Waals surface area contributed by atoms with Crippen LogP contribution in [0.5, 0.6) is 0 Å². The summed E-state index contributed by atoms with van der Waals surface area (Å²) < 4.78 is 0. The molecule has 0 saturated heterocycles. The van der Waals surface area contributed by atoms with Gasteiger partial charge in [0.1, 0.15) is 0 Å². The van der Waals surface area contributed by atoms with Crippen molar-refractivity contribution >= 4 is 11.3 Å². The van der Waals surface area contributed by atoms with Gasteiger partial charge in [0, 0.05) is 30.0 Å². The van der Waals surface area contributed by atoms with Crippen molar-refractivity contribution < 1.29 is 5.11 Å². The number of rotatable bonds is 4. The Balaban J connectivity index is 1.75. The van der Waals surface area contributed by atoms with Crippen molar-refractivity contribution in [1.82, 2.24) is 5.32 Å². The number of thiophene rings is 1. The van der Waals surface area contributed by atoms with Crippen LogP contribution >= 0.6 is 11.3 Å². The Kier molecular flexibility index (Phi) is 3.35. The summed E-state index contributed by atoms with van der Waals surface area (Å²) in [5, 5.41) is 14.5. The average molecular weight is 209 g/mol. The van der Waals surface area contributed by atoms with Gasteiger partial charge in [-0.25, -0.2) is 0 Å². The predicted octanol–water partition coefficient (Wildman–Crippen LogP) is 1.77. The van der Waals surface area contributed by atoms with Crippen molar-refractivity contribution in [2.75, 3.05) is 6.61 Å². The van der Waals surface area contributed by atoms with Crippen LogP contribution in [0.4, 0.5) is 0 Å². The van der Waals surface area contributed by atoms with Crippen LogP contribution in [0.3, 0.4) is 0 Å². The fraction of sp³-hybridized carbons (Fsp3) is 0.455. The van der Waals surface area contributed by atoms with Crippen molar-refractivity contribution in [3.05, 3.63) is 34.5 Å². The van der Waals surface area contributed by atoms with E-state index in [1.54, 1.807) is 11.3 Å². The molecule has 76 valence electrons. The molecule has 2 atom stereocenters. The fourth-order valence-corrected chi connectivity index (χ4v) is 2.36. The molecule has 1 heterocycles. The van der Waals surface area contributed by atoms with Gasteiger partial charge in [-0.1, -0.05) is 18.2 Å². The van der Waals surface area contributed by atoms with E-state index in [2.05, 4.69) is 35.0 Å². The molecule has 0 radical (unpaired) electrons. The lowest BCUT2D eigenvalue weighted by molar-refractivity contribution is 0.246. The van der Waals surface area contributed by atoms with Crippen LogP contribution in [0, 0.1) is 5.92 Å². The Labute approximate surface area is 88.3 Å². The van der Waals surface area contributed by atoms with Crippen LogP contribution in [-0.4, -0.2) is 17.8 Å². The number of aliphatic hydroxyl groups excluding tert-OH is 1. The maximum absolute atomic E-state index is 8.96. The smallest absolute Gasteiger partial charge is 0.0494 e. The highest BCUT2D eigenvalue weighted by Gasteiger charge is 2.17. The molecule has 1 aliphatic rings. The zero-order valence-electron chi connectivity index (χ0n) is 8.02. The van der Waals surface area contributed by atoms with Gasteiger partial charge in [0.25, 0.3) is 0 Å². The molecular weight excluding hydrogens is 194 g/mol. The van der Waals surface area contributed by atoms with Gasteiger partial charge in [-0.3, -0.25) is 0 Å². The van der Waals surface area contributed by atoms with E-state index in [9.17, 15) is 0 Å². The van der Waals surface area contributed by atoms with E-state index < -0.39 is 0 Å². The Bertz CT molecular complexity index is 294. The van der Waals surface area contributed by atoms with Crippen LogP contribution < -0.4 is 5.32 Å². The number of hydrogen-bond acceptors (Lipinski definition) is 3. The summed E-state index contributed by atoms with van der Waals surface area (Å²) in [6, 6.07) is 4.65. The minimum absolute atomic E-state index is 0.272. The lowest BCUT2D eigenvalue weighted by atomic mass is 10.1. The van der Waals surface area contributed by atoms with E-state index in [1.165, 1.54) is 4.88 Å². The summed E-state index contributed by atoms with van der Waals surface area (Å²) >= 11 is 1.78. The van der Waals surface area contributed by atoms with E-state index in [0.717, 1.165) is 13.0 Å². The van der Waals surface area contributed by atoms with Crippen LogP contribution in [0.1, 0.15) is 11.3 Å². The Morgan fingerprint density at radius 1 is 1.50 bits per heavy atom. The summed E-state index contributed by atoms with van der Waals surface area (Å²) in [5.74, 6) is 0.357. The molecule has 3 heteroatoms. The molecular formula is C11H15NOS.